The molecule has 168 valence electrons. The van der Waals surface area contributed by atoms with Gasteiger partial charge in [0.05, 0.1) is 27.9 Å². The summed E-state index contributed by atoms with van der Waals surface area (Å²) in [7, 11) is 4.52. The second kappa shape index (κ2) is 11.2. The van der Waals surface area contributed by atoms with Gasteiger partial charge in [0.25, 0.3) is 0 Å². The quantitative estimate of drug-likeness (QED) is 0.487. The average Bonchev–Trinajstić information content (AvgIpc) is 2.82. The van der Waals surface area contributed by atoms with Crippen molar-refractivity contribution in [2.75, 3.05) is 39.7 Å². The molecule has 1 amide bonds. The number of nitrogens with one attached hydrogen (secondary N) is 1. The fourth-order valence-corrected chi connectivity index (χ4v) is 3.48. The summed E-state index contributed by atoms with van der Waals surface area (Å²) in [5, 5.41) is 5.03. The standard InChI is InChI=1S/C25H28N2O5/c1-30-20-13-18(14-21(15-20)31-2)16-27(17-25(29)32-3)12-11-24(28)26-23-10-6-8-19-7-4-5-9-22(19)23/h4-10,13-15H,11-12,16-17H2,1-3H3,(H,26,28). The predicted molar refractivity (Wildman–Crippen MR) is 124 cm³/mol. The molecule has 1 N–H and O–H groups in total. The van der Waals surface area contributed by atoms with E-state index in [9.17, 15) is 9.59 Å². The van der Waals surface area contributed by atoms with Crippen LogP contribution in [0.5, 0.6) is 11.5 Å². The number of hydrogen-bond acceptors (Lipinski definition) is 6. The van der Waals surface area contributed by atoms with Gasteiger partial charge >= 0.3 is 5.97 Å². The average molecular weight is 437 g/mol. The number of carbonyl (C=O) groups excluding carboxylic acids is 2. The Morgan fingerprint density at radius 2 is 1.59 bits per heavy atom. The number of rotatable bonds is 10. The topological polar surface area (TPSA) is 77.1 Å². The van der Waals surface area contributed by atoms with Gasteiger partial charge in [0.2, 0.25) is 5.91 Å². The number of carbonyl (C=O) groups is 2. The number of hydrogen-bond donors (Lipinski definition) is 1. The summed E-state index contributed by atoms with van der Waals surface area (Å²) in [4.78, 5) is 26.5. The SMILES string of the molecule is COC(=O)CN(CCC(=O)Nc1cccc2ccccc12)Cc1cc(OC)cc(OC)c1. The zero-order chi connectivity index (χ0) is 22.9. The van der Waals surface area contributed by atoms with Gasteiger partial charge < -0.3 is 19.5 Å². The molecule has 0 aliphatic heterocycles. The minimum absolute atomic E-state index is 0.0670. The second-order valence-corrected chi connectivity index (χ2v) is 7.33. The lowest BCUT2D eigenvalue weighted by atomic mass is 10.1. The van der Waals surface area contributed by atoms with E-state index in [0.29, 0.717) is 24.6 Å². The minimum atomic E-state index is -0.366. The fourth-order valence-electron chi connectivity index (χ4n) is 3.48. The lowest BCUT2D eigenvalue weighted by Gasteiger charge is -2.21. The number of fused-ring (bicyclic) bond motifs is 1. The van der Waals surface area contributed by atoms with Crippen molar-refractivity contribution in [2.24, 2.45) is 0 Å². The minimum Gasteiger partial charge on any atom is -0.497 e. The van der Waals surface area contributed by atoms with Gasteiger partial charge in [0.15, 0.2) is 0 Å². The summed E-state index contributed by atoms with van der Waals surface area (Å²) >= 11 is 0. The van der Waals surface area contributed by atoms with Crippen LogP contribution in [0.15, 0.2) is 60.7 Å². The molecule has 0 fully saturated rings. The smallest absolute Gasteiger partial charge is 0.319 e. The summed E-state index contributed by atoms with van der Waals surface area (Å²) in [6, 6.07) is 19.2. The molecule has 0 aromatic heterocycles. The summed E-state index contributed by atoms with van der Waals surface area (Å²) < 4.78 is 15.5. The van der Waals surface area contributed by atoms with Crippen LogP contribution in [0, 0.1) is 0 Å². The Balaban J connectivity index is 1.69. The Bertz CT molecular complexity index is 1060. The van der Waals surface area contributed by atoms with E-state index >= 15 is 0 Å². The number of benzene rings is 3. The highest BCUT2D eigenvalue weighted by molar-refractivity contribution is 6.02. The predicted octanol–water partition coefficient (Wildman–Crippen LogP) is 3.86. The van der Waals surface area contributed by atoms with Crippen molar-refractivity contribution in [3.05, 3.63) is 66.2 Å². The molecule has 0 aliphatic rings. The van der Waals surface area contributed by atoms with E-state index in [1.54, 1.807) is 20.3 Å². The molecule has 3 aromatic rings. The third kappa shape index (κ3) is 6.21. The first-order valence-electron chi connectivity index (χ1n) is 10.3. The van der Waals surface area contributed by atoms with E-state index in [-0.39, 0.29) is 24.8 Å². The molecule has 0 radical (unpaired) electrons. The van der Waals surface area contributed by atoms with E-state index in [1.807, 2.05) is 59.5 Å². The van der Waals surface area contributed by atoms with Crippen LogP contribution in [0.2, 0.25) is 0 Å². The molecule has 0 unspecified atom stereocenters. The monoisotopic (exact) mass is 436 g/mol. The number of ether oxygens (including phenoxy) is 3. The molecule has 0 heterocycles. The number of methoxy groups -OCH3 is 3. The first-order chi connectivity index (χ1) is 15.5. The van der Waals surface area contributed by atoms with Crippen LogP contribution in [0.1, 0.15) is 12.0 Å². The highest BCUT2D eigenvalue weighted by atomic mass is 16.5. The van der Waals surface area contributed by atoms with Gasteiger partial charge in [-0.05, 0) is 29.1 Å². The fraction of sp³-hybridized carbons (Fsp3) is 0.280. The Kier molecular flexibility index (Phi) is 8.05. The summed E-state index contributed by atoms with van der Waals surface area (Å²) in [6.07, 6.45) is 0.224. The Hall–Kier alpha value is -3.58. The highest BCUT2D eigenvalue weighted by Gasteiger charge is 2.15. The molecule has 32 heavy (non-hydrogen) atoms. The maximum atomic E-state index is 12.7. The summed E-state index contributed by atoms with van der Waals surface area (Å²) in [5.74, 6) is 0.825. The third-order valence-corrected chi connectivity index (χ3v) is 5.12. The van der Waals surface area contributed by atoms with Crippen molar-refractivity contribution in [3.63, 3.8) is 0 Å². The molecule has 7 nitrogen and oxygen atoms in total. The van der Waals surface area contributed by atoms with Crippen molar-refractivity contribution in [1.29, 1.82) is 0 Å². The van der Waals surface area contributed by atoms with Crippen LogP contribution in [0.25, 0.3) is 10.8 Å². The highest BCUT2D eigenvalue weighted by Crippen LogP contribution is 2.24. The van der Waals surface area contributed by atoms with E-state index in [2.05, 4.69) is 5.32 Å². The van der Waals surface area contributed by atoms with Gasteiger partial charge in [-0.25, -0.2) is 0 Å². The number of amides is 1. The molecule has 0 spiro atoms. The third-order valence-electron chi connectivity index (χ3n) is 5.12. The molecular weight excluding hydrogens is 408 g/mol. The normalized spacial score (nSPS) is 10.8. The summed E-state index contributed by atoms with van der Waals surface area (Å²) in [6.45, 7) is 0.882. The molecule has 0 saturated heterocycles. The molecule has 0 aliphatic carbocycles. The van der Waals surface area contributed by atoms with E-state index < -0.39 is 0 Å². The Morgan fingerprint density at radius 3 is 2.28 bits per heavy atom. The van der Waals surface area contributed by atoms with Crippen molar-refractivity contribution >= 4 is 28.3 Å². The van der Waals surface area contributed by atoms with E-state index in [1.165, 1.54) is 7.11 Å². The first kappa shape index (κ1) is 23.1. The van der Waals surface area contributed by atoms with Crippen LogP contribution in [0.4, 0.5) is 5.69 Å². The zero-order valence-electron chi connectivity index (χ0n) is 18.6. The molecule has 3 rings (SSSR count). The van der Waals surface area contributed by atoms with Crippen molar-refractivity contribution in [2.45, 2.75) is 13.0 Å². The maximum Gasteiger partial charge on any atom is 0.319 e. The van der Waals surface area contributed by atoms with Gasteiger partial charge in [0, 0.05) is 36.7 Å². The van der Waals surface area contributed by atoms with E-state index in [0.717, 1.165) is 22.0 Å². The molecule has 7 heteroatoms. The maximum absolute atomic E-state index is 12.7. The lowest BCUT2D eigenvalue weighted by molar-refractivity contribution is -0.142. The number of nitrogens with zero attached hydrogens (tertiary/aromatic N) is 1. The Labute approximate surface area is 187 Å². The molecular formula is C25H28N2O5. The first-order valence-corrected chi connectivity index (χ1v) is 10.3. The van der Waals surface area contributed by atoms with Gasteiger partial charge in [-0.15, -0.1) is 0 Å². The van der Waals surface area contributed by atoms with Crippen LogP contribution in [0.3, 0.4) is 0 Å². The zero-order valence-corrected chi connectivity index (χ0v) is 18.6. The van der Waals surface area contributed by atoms with Crippen LogP contribution < -0.4 is 14.8 Å². The van der Waals surface area contributed by atoms with Gasteiger partial charge in [-0.2, -0.15) is 0 Å². The molecule has 0 bridgehead atoms. The number of anilines is 1. The van der Waals surface area contributed by atoms with Gasteiger partial charge in [0.1, 0.15) is 11.5 Å². The van der Waals surface area contributed by atoms with Gasteiger partial charge in [-0.3, -0.25) is 14.5 Å². The van der Waals surface area contributed by atoms with Gasteiger partial charge in [-0.1, -0.05) is 36.4 Å². The second-order valence-electron chi connectivity index (χ2n) is 7.33. The van der Waals surface area contributed by atoms with Crippen molar-refractivity contribution in [3.8, 4) is 11.5 Å². The molecule has 0 saturated carbocycles. The molecule has 3 aromatic carbocycles. The van der Waals surface area contributed by atoms with Crippen LogP contribution >= 0.6 is 0 Å². The largest absolute Gasteiger partial charge is 0.497 e. The van der Waals surface area contributed by atoms with Crippen molar-refractivity contribution in [1.82, 2.24) is 4.90 Å². The molecule has 0 atom stereocenters. The Morgan fingerprint density at radius 1 is 0.906 bits per heavy atom. The number of esters is 1. The van der Waals surface area contributed by atoms with E-state index in [4.69, 9.17) is 14.2 Å². The summed E-state index contributed by atoms with van der Waals surface area (Å²) in [5.41, 5.74) is 1.67. The van der Waals surface area contributed by atoms with Crippen LogP contribution in [-0.4, -0.2) is 51.2 Å². The lowest BCUT2D eigenvalue weighted by Crippen LogP contribution is -2.33. The van der Waals surface area contributed by atoms with Crippen LogP contribution in [-0.2, 0) is 20.9 Å². The van der Waals surface area contributed by atoms with Crippen molar-refractivity contribution < 1.29 is 23.8 Å².